The number of carboxylic acids is 1. The topological polar surface area (TPSA) is 66.4 Å². The predicted molar refractivity (Wildman–Crippen MR) is 67.3 cm³/mol. The molecule has 0 heterocycles. The number of amides is 1. The van der Waals surface area contributed by atoms with Crippen LogP contribution in [0.4, 0.5) is 0 Å². The van der Waals surface area contributed by atoms with E-state index in [4.69, 9.17) is 5.11 Å². The quantitative estimate of drug-likeness (QED) is 0.552. The van der Waals surface area contributed by atoms with Gasteiger partial charge in [0.25, 0.3) is 0 Å². The number of allylic oxidation sites excluding steroid dienone is 3. The van der Waals surface area contributed by atoms with Gasteiger partial charge in [-0.3, -0.25) is 4.79 Å². The van der Waals surface area contributed by atoms with Gasteiger partial charge < -0.3 is 10.4 Å². The van der Waals surface area contributed by atoms with Gasteiger partial charge in [-0.25, -0.2) is 4.79 Å². The fourth-order valence-electron chi connectivity index (χ4n) is 1.42. The molecule has 0 rings (SSSR count). The van der Waals surface area contributed by atoms with Gasteiger partial charge in [0.2, 0.25) is 5.91 Å². The van der Waals surface area contributed by atoms with Crippen LogP contribution in [0.25, 0.3) is 0 Å². The lowest BCUT2D eigenvalue weighted by Gasteiger charge is -2.20. The molecule has 0 aliphatic rings. The summed E-state index contributed by atoms with van der Waals surface area (Å²) in [6, 6.07) is 0. The lowest BCUT2D eigenvalue weighted by atomic mass is 9.91. The summed E-state index contributed by atoms with van der Waals surface area (Å²) >= 11 is 0. The summed E-state index contributed by atoms with van der Waals surface area (Å²) in [6.45, 7) is 7.30. The van der Waals surface area contributed by atoms with Crippen LogP contribution in [0.3, 0.4) is 0 Å². The Morgan fingerprint density at radius 3 is 2.35 bits per heavy atom. The Balaban J connectivity index is 4.85. The van der Waals surface area contributed by atoms with Crippen molar-refractivity contribution in [2.75, 3.05) is 0 Å². The van der Waals surface area contributed by atoms with Crippen LogP contribution in [-0.4, -0.2) is 17.0 Å². The second-order valence-electron chi connectivity index (χ2n) is 4.10. The molecule has 1 amide bonds. The molecule has 0 saturated heterocycles. The average molecular weight is 239 g/mol. The van der Waals surface area contributed by atoms with E-state index >= 15 is 0 Å². The van der Waals surface area contributed by atoms with Crippen molar-refractivity contribution in [3.63, 3.8) is 0 Å². The number of carbonyl (C=O) groups excluding carboxylic acids is 1. The largest absolute Gasteiger partial charge is 0.478 e. The zero-order valence-corrected chi connectivity index (χ0v) is 10.9. The molecular formula is C13H21NO3. The standard InChI is InChI=1S/C13H21NO3/c1-5-6-7-9(2)10(3)12(8-13(16)17)14-11(4)15/h6-10H,5H2,1-4H3,(H,14,15)(H,16,17). The van der Waals surface area contributed by atoms with Gasteiger partial charge in [0.15, 0.2) is 0 Å². The Morgan fingerprint density at radius 1 is 1.35 bits per heavy atom. The summed E-state index contributed by atoms with van der Waals surface area (Å²) in [5.74, 6) is -1.17. The molecule has 2 atom stereocenters. The minimum atomic E-state index is -1.05. The summed E-state index contributed by atoms with van der Waals surface area (Å²) in [7, 11) is 0. The first-order valence-electron chi connectivity index (χ1n) is 5.77. The third kappa shape index (κ3) is 6.56. The maximum Gasteiger partial charge on any atom is 0.330 e. The van der Waals surface area contributed by atoms with E-state index in [1.165, 1.54) is 6.92 Å². The highest BCUT2D eigenvalue weighted by Crippen LogP contribution is 2.19. The molecule has 2 unspecified atom stereocenters. The van der Waals surface area contributed by atoms with Gasteiger partial charge in [0.05, 0.1) is 0 Å². The van der Waals surface area contributed by atoms with Gasteiger partial charge in [-0.2, -0.15) is 0 Å². The first-order valence-corrected chi connectivity index (χ1v) is 5.77. The SMILES string of the molecule is CCC=CC(C)C(C)C(=CC(=O)O)NC(C)=O. The summed E-state index contributed by atoms with van der Waals surface area (Å²) in [4.78, 5) is 21.7. The molecule has 0 aliphatic carbocycles. The van der Waals surface area contributed by atoms with Crippen LogP contribution in [0.5, 0.6) is 0 Å². The van der Waals surface area contributed by atoms with Crippen molar-refractivity contribution in [3.8, 4) is 0 Å². The lowest BCUT2D eigenvalue weighted by molar-refractivity contribution is -0.131. The highest BCUT2D eigenvalue weighted by atomic mass is 16.4. The fraction of sp³-hybridized carbons (Fsp3) is 0.538. The smallest absolute Gasteiger partial charge is 0.330 e. The molecule has 0 radical (unpaired) electrons. The van der Waals surface area contributed by atoms with Gasteiger partial charge in [0.1, 0.15) is 0 Å². The van der Waals surface area contributed by atoms with Crippen LogP contribution in [0.15, 0.2) is 23.9 Å². The molecule has 0 aromatic heterocycles. The minimum absolute atomic E-state index is 0.0437. The maximum absolute atomic E-state index is 11.0. The minimum Gasteiger partial charge on any atom is -0.478 e. The fourth-order valence-corrected chi connectivity index (χ4v) is 1.42. The highest BCUT2D eigenvalue weighted by Gasteiger charge is 2.16. The number of carboxylic acid groups (broad SMARTS) is 1. The molecule has 0 aliphatic heterocycles. The number of nitrogens with one attached hydrogen (secondary N) is 1. The second-order valence-corrected chi connectivity index (χ2v) is 4.10. The van der Waals surface area contributed by atoms with Crippen LogP contribution in [0, 0.1) is 11.8 Å². The molecular weight excluding hydrogens is 218 g/mol. The zero-order valence-electron chi connectivity index (χ0n) is 10.9. The second kappa shape index (κ2) is 7.65. The first kappa shape index (κ1) is 15.4. The van der Waals surface area contributed by atoms with Crippen molar-refractivity contribution in [2.45, 2.75) is 34.1 Å². The van der Waals surface area contributed by atoms with Crippen LogP contribution < -0.4 is 5.32 Å². The molecule has 4 nitrogen and oxygen atoms in total. The van der Waals surface area contributed by atoms with Gasteiger partial charge in [-0.05, 0) is 12.3 Å². The van der Waals surface area contributed by atoms with E-state index in [0.29, 0.717) is 5.70 Å². The van der Waals surface area contributed by atoms with Crippen molar-refractivity contribution in [1.82, 2.24) is 5.32 Å². The molecule has 0 aromatic carbocycles. The molecule has 4 heteroatoms. The van der Waals surface area contributed by atoms with E-state index in [0.717, 1.165) is 12.5 Å². The molecule has 17 heavy (non-hydrogen) atoms. The maximum atomic E-state index is 11.0. The molecule has 0 saturated carbocycles. The van der Waals surface area contributed by atoms with Gasteiger partial charge in [0, 0.05) is 24.6 Å². The van der Waals surface area contributed by atoms with Crippen molar-refractivity contribution >= 4 is 11.9 Å². The zero-order chi connectivity index (χ0) is 13.4. The Kier molecular flexibility index (Phi) is 6.94. The molecule has 2 N–H and O–H groups in total. The highest BCUT2D eigenvalue weighted by molar-refractivity contribution is 5.83. The normalized spacial score (nSPS) is 15.6. The number of aliphatic carboxylic acids is 1. The van der Waals surface area contributed by atoms with Crippen LogP contribution in [0.2, 0.25) is 0 Å². The molecule has 96 valence electrons. The summed E-state index contributed by atoms with van der Waals surface area (Å²) in [6.07, 6.45) is 6.06. The van der Waals surface area contributed by atoms with E-state index < -0.39 is 5.97 Å². The molecule has 0 bridgehead atoms. The van der Waals surface area contributed by atoms with Crippen molar-refractivity contribution in [1.29, 1.82) is 0 Å². The van der Waals surface area contributed by atoms with Crippen molar-refractivity contribution < 1.29 is 14.7 Å². The third-order valence-corrected chi connectivity index (χ3v) is 2.55. The summed E-state index contributed by atoms with van der Waals surface area (Å²) < 4.78 is 0. The molecule has 0 fully saturated rings. The van der Waals surface area contributed by atoms with Crippen LogP contribution in [-0.2, 0) is 9.59 Å². The number of carbonyl (C=O) groups is 2. The van der Waals surface area contributed by atoms with Gasteiger partial charge >= 0.3 is 5.97 Å². The molecule has 0 aromatic rings. The van der Waals surface area contributed by atoms with E-state index in [9.17, 15) is 9.59 Å². The number of rotatable bonds is 6. The summed E-state index contributed by atoms with van der Waals surface area (Å²) in [5, 5.41) is 11.3. The van der Waals surface area contributed by atoms with Gasteiger partial charge in [-0.15, -0.1) is 0 Å². The average Bonchev–Trinajstić information content (AvgIpc) is 2.22. The van der Waals surface area contributed by atoms with Crippen LogP contribution in [0.1, 0.15) is 34.1 Å². The monoisotopic (exact) mass is 239 g/mol. The molecule has 0 spiro atoms. The van der Waals surface area contributed by atoms with Crippen molar-refractivity contribution in [2.24, 2.45) is 11.8 Å². The van der Waals surface area contributed by atoms with E-state index in [2.05, 4.69) is 5.32 Å². The Bertz CT molecular complexity index is 332. The summed E-state index contributed by atoms with van der Waals surface area (Å²) in [5.41, 5.74) is 0.443. The first-order chi connectivity index (χ1) is 7.88. The van der Waals surface area contributed by atoms with Crippen LogP contribution >= 0.6 is 0 Å². The third-order valence-electron chi connectivity index (χ3n) is 2.55. The number of hydrogen-bond donors (Lipinski definition) is 2. The Hall–Kier alpha value is -1.58. The van der Waals surface area contributed by atoms with E-state index in [1.807, 2.05) is 32.9 Å². The van der Waals surface area contributed by atoms with Gasteiger partial charge in [-0.1, -0.05) is 32.9 Å². The predicted octanol–water partition coefficient (Wildman–Crippen LogP) is 2.33. The van der Waals surface area contributed by atoms with Crippen molar-refractivity contribution in [3.05, 3.63) is 23.9 Å². The van der Waals surface area contributed by atoms with E-state index in [1.54, 1.807) is 0 Å². The Morgan fingerprint density at radius 2 is 1.94 bits per heavy atom. The number of hydrogen-bond acceptors (Lipinski definition) is 2. The Labute approximate surface area is 102 Å². The lowest BCUT2D eigenvalue weighted by Crippen LogP contribution is -2.27. The van der Waals surface area contributed by atoms with E-state index in [-0.39, 0.29) is 17.7 Å².